The number of anilines is 1. The van der Waals surface area contributed by atoms with Gasteiger partial charge in [0.15, 0.2) is 0 Å². The van der Waals surface area contributed by atoms with Gasteiger partial charge in [-0.05, 0) is 62.9 Å². The lowest BCUT2D eigenvalue weighted by atomic mass is 10.1. The third kappa shape index (κ3) is 4.29. The number of benzene rings is 1. The van der Waals surface area contributed by atoms with E-state index in [0.717, 1.165) is 48.5 Å². The molecule has 1 N–H and O–H groups in total. The first-order valence-corrected chi connectivity index (χ1v) is 9.26. The maximum absolute atomic E-state index is 12.6. The van der Waals surface area contributed by atoms with Crippen LogP contribution >= 0.6 is 0 Å². The van der Waals surface area contributed by atoms with E-state index in [-0.39, 0.29) is 11.7 Å². The summed E-state index contributed by atoms with van der Waals surface area (Å²) in [6.07, 6.45) is 4.09. The van der Waals surface area contributed by atoms with E-state index < -0.39 is 5.91 Å². The fraction of sp³-hybridized carbons (Fsp3) is 0.364. The number of nitriles is 1. The Morgan fingerprint density at radius 2 is 2.15 bits per heavy atom. The minimum Gasteiger partial charge on any atom is -0.376 e. The number of para-hydroxylation sites is 1. The molecule has 0 aliphatic carbocycles. The van der Waals surface area contributed by atoms with Crippen LogP contribution in [0, 0.1) is 32.1 Å². The van der Waals surface area contributed by atoms with E-state index in [9.17, 15) is 10.1 Å². The maximum Gasteiger partial charge on any atom is 0.266 e. The second-order valence-electron chi connectivity index (χ2n) is 7.01. The van der Waals surface area contributed by atoms with Gasteiger partial charge in [0.1, 0.15) is 11.6 Å². The smallest absolute Gasteiger partial charge is 0.266 e. The molecule has 27 heavy (non-hydrogen) atoms. The molecule has 3 rings (SSSR count). The van der Waals surface area contributed by atoms with Gasteiger partial charge in [-0.2, -0.15) is 5.26 Å². The number of nitrogens with zero attached hydrogens (tertiary/aromatic N) is 2. The van der Waals surface area contributed by atoms with Gasteiger partial charge in [-0.1, -0.05) is 18.2 Å². The predicted molar refractivity (Wildman–Crippen MR) is 106 cm³/mol. The summed E-state index contributed by atoms with van der Waals surface area (Å²) in [6, 6.07) is 11.6. The summed E-state index contributed by atoms with van der Waals surface area (Å²) in [5.41, 5.74) is 4.80. The Labute approximate surface area is 160 Å². The summed E-state index contributed by atoms with van der Waals surface area (Å²) in [4.78, 5) is 12.6. The van der Waals surface area contributed by atoms with Crippen molar-refractivity contribution in [1.82, 2.24) is 4.57 Å². The minimum absolute atomic E-state index is 0.0932. The quantitative estimate of drug-likeness (QED) is 0.641. The molecule has 2 aromatic rings. The van der Waals surface area contributed by atoms with Gasteiger partial charge in [0.2, 0.25) is 0 Å². The van der Waals surface area contributed by atoms with Crippen LogP contribution in [0.25, 0.3) is 6.08 Å². The number of rotatable bonds is 5. The number of nitrogens with one attached hydrogen (secondary N) is 1. The second kappa shape index (κ2) is 8.24. The average Bonchev–Trinajstić information content (AvgIpc) is 3.25. The molecule has 5 heteroatoms. The maximum atomic E-state index is 12.6. The molecular formula is C22H25N3O2. The Morgan fingerprint density at radius 1 is 1.37 bits per heavy atom. The van der Waals surface area contributed by atoms with Crippen LogP contribution in [0.1, 0.15) is 35.4 Å². The minimum atomic E-state index is -0.393. The van der Waals surface area contributed by atoms with Crippen LogP contribution in [0.5, 0.6) is 0 Å². The van der Waals surface area contributed by atoms with Crippen molar-refractivity contribution >= 4 is 17.7 Å². The Morgan fingerprint density at radius 3 is 2.81 bits per heavy atom. The SMILES string of the molecule is Cc1ccccc1NC(=O)/C(C#N)=C/c1cc(C)n(C[C@H]2CCCO2)c1C. The highest BCUT2D eigenvalue weighted by Gasteiger charge is 2.19. The number of hydrogen-bond donors (Lipinski definition) is 1. The molecule has 140 valence electrons. The third-order valence-corrected chi connectivity index (χ3v) is 5.08. The standard InChI is InChI=1S/C22H25N3O2/c1-15-7-4-5-9-21(15)24-22(26)19(13-23)12-18-11-16(2)25(17(18)3)14-20-8-6-10-27-20/h4-5,7,9,11-12,20H,6,8,10,14H2,1-3H3,(H,24,26)/b19-12+/t20-/m1/s1. The highest BCUT2D eigenvalue weighted by atomic mass is 16.5. The number of ether oxygens (including phenoxy) is 1. The fourth-order valence-electron chi connectivity index (χ4n) is 3.45. The Kier molecular flexibility index (Phi) is 5.78. The molecule has 1 fully saturated rings. The first-order chi connectivity index (χ1) is 13.0. The van der Waals surface area contributed by atoms with E-state index in [1.165, 1.54) is 0 Å². The van der Waals surface area contributed by atoms with Crippen LogP contribution in [0.4, 0.5) is 5.69 Å². The van der Waals surface area contributed by atoms with Crippen LogP contribution in [0.2, 0.25) is 0 Å². The van der Waals surface area contributed by atoms with Crippen molar-refractivity contribution < 1.29 is 9.53 Å². The van der Waals surface area contributed by atoms with E-state index in [1.807, 2.05) is 57.2 Å². The first-order valence-electron chi connectivity index (χ1n) is 9.26. The molecule has 1 aliphatic heterocycles. The van der Waals surface area contributed by atoms with Gasteiger partial charge >= 0.3 is 0 Å². The van der Waals surface area contributed by atoms with E-state index in [2.05, 4.69) is 9.88 Å². The summed E-state index contributed by atoms with van der Waals surface area (Å²) in [6.45, 7) is 7.61. The summed E-state index contributed by atoms with van der Waals surface area (Å²) in [7, 11) is 0. The van der Waals surface area contributed by atoms with Gasteiger partial charge in [0.25, 0.3) is 5.91 Å². The van der Waals surface area contributed by atoms with Gasteiger partial charge in [-0.15, -0.1) is 0 Å². The van der Waals surface area contributed by atoms with E-state index in [1.54, 1.807) is 6.08 Å². The second-order valence-corrected chi connectivity index (χ2v) is 7.01. The van der Waals surface area contributed by atoms with Crippen LogP contribution in [-0.4, -0.2) is 23.2 Å². The van der Waals surface area contributed by atoms with Gasteiger partial charge < -0.3 is 14.6 Å². The summed E-state index contributed by atoms with van der Waals surface area (Å²) >= 11 is 0. The lowest BCUT2D eigenvalue weighted by molar-refractivity contribution is -0.112. The van der Waals surface area contributed by atoms with Crippen LogP contribution < -0.4 is 5.32 Å². The Balaban J connectivity index is 1.82. The summed E-state index contributed by atoms with van der Waals surface area (Å²) in [5.74, 6) is -0.393. The van der Waals surface area contributed by atoms with Crippen molar-refractivity contribution in [2.24, 2.45) is 0 Å². The number of carbonyl (C=O) groups is 1. The number of aryl methyl sites for hydroxylation is 2. The number of amides is 1. The molecule has 2 heterocycles. The molecule has 0 saturated carbocycles. The van der Waals surface area contributed by atoms with Gasteiger partial charge in [0.05, 0.1) is 6.10 Å². The van der Waals surface area contributed by atoms with E-state index in [4.69, 9.17) is 4.74 Å². The number of aromatic nitrogens is 1. The molecule has 5 nitrogen and oxygen atoms in total. The Bertz CT molecular complexity index is 912. The van der Waals surface area contributed by atoms with Crippen molar-refractivity contribution in [2.75, 3.05) is 11.9 Å². The highest BCUT2D eigenvalue weighted by Crippen LogP contribution is 2.22. The van der Waals surface area contributed by atoms with Gasteiger partial charge in [-0.3, -0.25) is 4.79 Å². The van der Waals surface area contributed by atoms with Crippen molar-refractivity contribution in [3.05, 3.63) is 58.4 Å². The normalized spacial score (nSPS) is 17.0. The van der Waals surface area contributed by atoms with Crippen molar-refractivity contribution in [2.45, 2.75) is 46.3 Å². The van der Waals surface area contributed by atoms with Crippen LogP contribution in [0.15, 0.2) is 35.9 Å². The monoisotopic (exact) mass is 363 g/mol. The first kappa shape index (κ1) is 18.9. The molecule has 1 aliphatic rings. The fourth-order valence-corrected chi connectivity index (χ4v) is 3.45. The third-order valence-electron chi connectivity index (χ3n) is 5.08. The van der Waals surface area contributed by atoms with Crippen molar-refractivity contribution in [3.8, 4) is 6.07 Å². The molecule has 1 aromatic heterocycles. The van der Waals surface area contributed by atoms with Gasteiger partial charge in [-0.25, -0.2) is 0 Å². The topological polar surface area (TPSA) is 67.0 Å². The molecule has 0 radical (unpaired) electrons. The lowest BCUT2D eigenvalue weighted by Gasteiger charge is -2.14. The van der Waals surface area contributed by atoms with Crippen LogP contribution in [-0.2, 0) is 16.1 Å². The average molecular weight is 363 g/mol. The van der Waals surface area contributed by atoms with Crippen molar-refractivity contribution in [3.63, 3.8) is 0 Å². The molecule has 0 unspecified atom stereocenters. The number of carbonyl (C=O) groups excluding carboxylic acids is 1. The molecule has 0 bridgehead atoms. The predicted octanol–water partition coefficient (Wildman–Crippen LogP) is 4.14. The molecule has 1 amide bonds. The van der Waals surface area contributed by atoms with E-state index in [0.29, 0.717) is 5.69 Å². The Hall–Kier alpha value is -2.84. The molecule has 1 saturated heterocycles. The largest absolute Gasteiger partial charge is 0.376 e. The van der Waals surface area contributed by atoms with Crippen molar-refractivity contribution in [1.29, 1.82) is 5.26 Å². The zero-order valence-electron chi connectivity index (χ0n) is 16.1. The van der Waals surface area contributed by atoms with Crippen LogP contribution in [0.3, 0.4) is 0 Å². The zero-order valence-corrected chi connectivity index (χ0v) is 16.1. The highest BCUT2D eigenvalue weighted by molar-refractivity contribution is 6.10. The molecular weight excluding hydrogens is 338 g/mol. The molecule has 1 atom stereocenters. The van der Waals surface area contributed by atoms with E-state index >= 15 is 0 Å². The summed E-state index contributed by atoms with van der Waals surface area (Å²) in [5, 5.41) is 12.3. The molecule has 1 aromatic carbocycles. The number of hydrogen-bond acceptors (Lipinski definition) is 3. The molecule has 0 spiro atoms. The summed E-state index contributed by atoms with van der Waals surface area (Å²) < 4.78 is 7.95. The zero-order chi connectivity index (χ0) is 19.4. The van der Waals surface area contributed by atoms with Gasteiger partial charge in [0, 0.05) is 30.2 Å². The lowest BCUT2D eigenvalue weighted by Crippen LogP contribution is -2.17.